The fourth-order valence-corrected chi connectivity index (χ4v) is 1.77. The van der Waals surface area contributed by atoms with E-state index in [0.717, 1.165) is 10.9 Å². The molecule has 0 radical (unpaired) electrons. The molecule has 1 atom stereocenters. The summed E-state index contributed by atoms with van der Waals surface area (Å²) in [7, 11) is 1.34. The molecule has 2 aromatic rings. The first-order chi connectivity index (χ1) is 8.13. The molecule has 0 fully saturated rings. The highest BCUT2D eigenvalue weighted by Crippen LogP contribution is 2.23. The molecule has 1 heterocycles. The Balaban J connectivity index is 2.52. The average Bonchev–Trinajstić information content (AvgIpc) is 2.68. The van der Waals surface area contributed by atoms with Crippen molar-refractivity contribution in [2.24, 2.45) is 0 Å². The highest BCUT2D eigenvalue weighted by Gasteiger charge is 2.15. The molecule has 17 heavy (non-hydrogen) atoms. The van der Waals surface area contributed by atoms with E-state index >= 15 is 0 Å². The van der Waals surface area contributed by atoms with Gasteiger partial charge < -0.3 is 9.84 Å². The molecule has 5 nitrogen and oxygen atoms in total. The number of methoxy groups -OCH3 is 1. The van der Waals surface area contributed by atoms with E-state index in [4.69, 9.17) is 0 Å². The second-order valence-corrected chi connectivity index (χ2v) is 3.81. The zero-order valence-corrected chi connectivity index (χ0v) is 9.75. The van der Waals surface area contributed by atoms with Crippen LogP contribution in [0.4, 0.5) is 0 Å². The lowest BCUT2D eigenvalue weighted by molar-refractivity contribution is -0.141. The third kappa shape index (κ3) is 2.14. The fraction of sp³-hybridized carbons (Fsp3) is 0.333. The zero-order chi connectivity index (χ0) is 12.4. The molecule has 0 bridgehead atoms. The van der Waals surface area contributed by atoms with E-state index < -0.39 is 6.10 Å². The zero-order valence-electron chi connectivity index (χ0n) is 9.75. The minimum absolute atomic E-state index is 0.0454. The van der Waals surface area contributed by atoms with Crippen LogP contribution in [-0.4, -0.2) is 28.0 Å². The van der Waals surface area contributed by atoms with Crippen molar-refractivity contribution < 1.29 is 14.6 Å². The number of rotatable bonds is 3. The van der Waals surface area contributed by atoms with Gasteiger partial charge in [0.05, 0.1) is 24.4 Å². The van der Waals surface area contributed by atoms with Gasteiger partial charge in [0, 0.05) is 5.39 Å². The maximum atomic E-state index is 11.3. The molecule has 0 aliphatic rings. The van der Waals surface area contributed by atoms with E-state index in [1.165, 1.54) is 7.11 Å². The number of hydrogen-bond donors (Lipinski definition) is 1. The molecule has 5 heteroatoms. The number of fused-ring (bicyclic) bond motifs is 1. The average molecular weight is 234 g/mol. The van der Waals surface area contributed by atoms with Gasteiger partial charge in [-0.05, 0) is 13.0 Å². The van der Waals surface area contributed by atoms with E-state index in [0.29, 0.717) is 5.69 Å². The third-order valence-electron chi connectivity index (χ3n) is 2.59. The van der Waals surface area contributed by atoms with Crippen LogP contribution in [-0.2, 0) is 16.1 Å². The van der Waals surface area contributed by atoms with Gasteiger partial charge in [-0.3, -0.25) is 9.48 Å². The quantitative estimate of drug-likeness (QED) is 0.812. The van der Waals surface area contributed by atoms with E-state index in [-0.39, 0.29) is 12.5 Å². The highest BCUT2D eigenvalue weighted by atomic mass is 16.5. The largest absolute Gasteiger partial charge is 0.468 e. The molecule has 0 saturated carbocycles. The van der Waals surface area contributed by atoms with Gasteiger partial charge in [0.2, 0.25) is 0 Å². The Bertz CT molecular complexity index is 546. The summed E-state index contributed by atoms with van der Waals surface area (Å²) in [5.41, 5.74) is 1.39. The molecule has 0 aliphatic carbocycles. The lowest BCUT2D eigenvalue weighted by Gasteiger charge is -2.01. The molecule has 1 aromatic carbocycles. The van der Waals surface area contributed by atoms with Crippen LogP contribution in [0.15, 0.2) is 24.3 Å². The van der Waals surface area contributed by atoms with E-state index in [1.807, 2.05) is 24.3 Å². The van der Waals surface area contributed by atoms with Crippen molar-refractivity contribution in [3.8, 4) is 0 Å². The predicted molar refractivity (Wildman–Crippen MR) is 62.4 cm³/mol. The number of hydrogen-bond acceptors (Lipinski definition) is 4. The van der Waals surface area contributed by atoms with Crippen molar-refractivity contribution in [3.63, 3.8) is 0 Å². The molecule has 0 spiro atoms. The summed E-state index contributed by atoms with van der Waals surface area (Å²) in [6, 6.07) is 7.47. The second-order valence-electron chi connectivity index (χ2n) is 3.81. The number of aliphatic hydroxyl groups is 1. The third-order valence-corrected chi connectivity index (χ3v) is 2.59. The van der Waals surface area contributed by atoms with Crippen molar-refractivity contribution >= 4 is 16.9 Å². The number of nitrogens with zero attached hydrogens (tertiary/aromatic N) is 2. The smallest absolute Gasteiger partial charge is 0.327 e. The van der Waals surface area contributed by atoms with Gasteiger partial charge in [-0.1, -0.05) is 18.2 Å². The summed E-state index contributed by atoms with van der Waals surface area (Å²) in [5.74, 6) is -0.365. The van der Waals surface area contributed by atoms with Gasteiger partial charge in [-0.25, -0.2) is 0 Å². The van der Waals surface area contributed by atoms with Gasteiger partial charge in [-0.2, -0.15) is 5.10 Å². The monoisotopic (exact) mass is 234 g/mol. The second kappa shape index (κ2) is 4.55. The van der Waals surface area contributed by atoms with E-state index in [1.54, 1.807) is 11.6 Å². The molecule has 1 unspecified atom stereocenters. The topological polar surface area (TPSA) is 64.4 Å². The first-order valence-electron chi connectivity index (χ1n) is 5.34. The Morgan fingerprint density at radius 3 is 2.88 bits per heavy atom. The fourth-order valence-electron chi connectivity index (χ4n) is 1.77. The minimum Gasteiger partial charge on any atom is -0.468 e. The molecule has 1 aromatic heterocycles. The number of ether oxygens (including phenoxy) is 1. The number of para-hydroxylation sites is 1. The Morgan fingerprint density at radius 2 is 2.24 bits per heavy atom. The van der Waals surface area contributed by atoms with Crippen molar-refractivity contribution in [2.75, 3.05) is 7.11 Å². The number of benzene rings is 1. The first kappa shape index (κ1) is 11.6. The minimum atomic E-state index is -0.668. The van der Waals surface area contributed by atoms with Crippen molar-refractivity contribution in [2.45, 2.75) is 19.6 Å². The van der Waals surface area contributed by atoms with Gasteiger partial charge in [-0.15, -0.1) is 0 Å². The normalized spacial score (nSPS) is 12.6. The Labute approximate surface area is 98.6 Å². The molecule has 90 valence electrons. The molecule has 2 rings (SSSR count). The van der Waals surface area contributed by atoms with Crippen molar-refractivity contribution in [1.29, 1.82) is 0 Å². The molecule has 0 aliphatic heterocycles. The van der Waals surface area contributed by atoms with Crippen LogP contribution in [0.5, 0.6) is 0 Å². The van der Waals surface area contributed by atoms with Gasteiger partial charge in [0.15, 0.2) is 0 Å². The summed E-state index contributed by atoms with van der Waals surface area (Å²) < 4.78 is 6.16. The maximum absolute atomic E-state index is 11.3. The van der Waals surface area contributed by atoms with Gasteiger partial charge in [0.25, 0.3) is 0 Å². The van der Waals surface area contributed by atoms with Crippen LogP contribution < -0.4 is 0 Å². The van der Waals surface area contributed by atoms with Crippen LogP contribution in [0.25, 0.3) is 10.9 Å². The van der Waals surface area contributed by atoms with E-state index in [2.05, 4.69) is 9.84 Å². The summed E-state index contributed by atoms with van der Waals surface area (Å²) in [4.78, 5) is 11.3. The summed E-state index contributed by atoms with van der Waals surface area (Å²) in [5, 5.41) is 14.7. The number of aliphatic hydroxyl groups excluding tert-OH is 1. The lowest BCUT2D eigenvalue weighted by atomic mass is 10.1. The highest BCUT2D eigenvalue weighted by molar-refractivity contribution is 5.83. The summed E-state index contributed by atoms with van der Waals surface area (Å²) in [6.07, 6.45) is -0.668. The number of carbonyl (C=O) groups excluding carboxylic acids is 1. The number of carbonyl (C=O) groups is 1. The van der Waals surface area contributed by atoms with Gasteiger partial charge >= 0.3 is 5.97 Å². The van der Waals surface area contributed by atoms with Crippen LogP contribution in [0, 0.1) is 0 Å². The molecular weight excluding hydrogens is 220 g/mol. The van der Waals surface area contributed by atoms with Crippen molar-refractivity contribution in [3.05, 3.63) is 30.0 Å². The Morgan fingerprint density at radius 1 is 1.53 bits per heavy atom. The molecule has 0 amide bonds. The summed E-state index contributed by atoms with van der Waals surface area (Å²) in [6.45, 7) is 1.70. The standard InChI is InChI=1S/C12H14N2O3/c1-8(15)12-9-5-3-4-6-10(9)14(13-12)7-11(16)17-2/h3-6,8,15H,7H2,1-2H3. The maximum Gasteiger partial charge on any atom is 0.327 e. The predicted octanol–water partition coefficient (Wildman–Crippen LogP) is 1.26. The van der Waals surface area contributed by atoms with Crippen LogP contribution in [0.1, 0.15) is 18.7 Å². The van der Waals surface area contributed by atoms with Gasteiger partial charge in [0.1, 0.15) is 6.54 Å². The Kier molecular flexibility index (Phi) is 3.10. The molecular formula is C12H14N2O3. The summed E-state index contributed by atoms with van der Waals surface area (Å²) >= 11 is 0. The number of esters is 1. The van der Waals surface area contributed by atoms with Crippen LogP contribution in [0.3, 0.4) is 0 Å². The van der Waals surface area contributed by atoms with E-state index in [9.17, 15) is 9.90 Å². The molecule has 0 saturated heterocycles. The van der Waals surface area contributed by atoms with Crippen molar-refractivity contribution in [1.82, 2.24) is 9.78 Å². The lowest BCUT2D eigenvalue weighted by Crippen LogP contribution is -2.13. The first-order valence-corrected chi connectivity index (χ1v) is 5.34. The SMILES string of the molecule is COC(=O)Cn1nc(C(C)O)c2ccccc21. The number of aromatic nitrogens is 2. The Hall–Kier alpha value is -1.88. The molecule has 1 N–H and O–H groups in total. The van der Waals surface area contributed by atoms with Crippen LogP contribution >= 0.6 is 0 Å². The van der Waals surface area contributed by atoms with Crippen LogP contribution in [0.2, 0.25) is 0 Å².